The van der Waals surface area contributed by atoms with Crippen molar-refractivity contribution >= 4 is 69.2 Å². The zero-order valence-electron chi connectivity index (χ0n) is 25.4. The van der Waals surface area contributed by atoms with E-state index in [-0.39, 0.29) is 58.4 Å². The lowest BCUT2D eigenvalue weighted by molar-refractivity contribution is -0.684. The van der Waals surface area contributed by atoms with Crippen LogP contribution in [-0.2, 0) is 36.9 Å². The summed E-state index contributed by atoms with van der Waals surface area (Å²) in [7, 11) is 0. The van der Waals surface area contributed by atoms with Crippen molar-refractivity contribution in [3.63, 3.8) is 0 Å². The lowest BCUT2D eigenvalue weighted by Crippen LogP contribution is -2.71. The molecule has 0 radical (unpaired) electrons. The van der Waals surface area contributed by atoms with Crippen molar-refractivity contribution in [1.29, 1.82) is 0 Å². The van der Waals surface area contributed by atoms with E-state index in [0.29, 0.717) is 35.4 Å². The van der Waals surface area contributed by atoms with Gasteiger partial charge in [0.1, 0.15) is 22.9 Å². The van der Waals surface area contributed by atoms with Gasteiger partial charge in [-0.05, 0) is 41.7 Å². The third-order valence-electron chi connectivity index (χ3n) is 7.99. The molecule has 2 aromatic heterocycles. The molecule has 0 spiro atoms. The maximum absolute atomic E-state index is 13.4. The summed E-state index contributed by atoms with van der Waals surface area (Å²) in [5.41, 5.74) is 7.00. The van der Waals surface area contributed by atoms with Crippen LogP contribution in [0.3, 0.4) is 0 Å². The van der Waals surface area contributed by atoms with Gasteiger partial charge in [0.2, 0.25) is 12.5 Å². The van der Waals surface area contributed by atoms with Crippen molar-refractivity contribution < 1.29 is 44.0 Å². The van der Waals surface area contributed by atoms with Crippen LogP contribution in [0.2, 0.25) is 0 Å². The number of phenolic OH excluding ortho intramolecular Hbond substituents is 1. The molecule has 1 aromatic carbocycles. The molecule has 49 heavy (non-hydrogen) atoms. The predicted molar refractivity (Wildman–Crippen MR) is 174 cm³/mol. The van der Waals surface area contributed by atoms with Gasteiger partial charge >= 0.3 is 0 Å². The number of amides is 4. The molecule has 252 valence electrons. The number of fused-ring (bicyclic) bond motifs is 1. The molecule has 7 N–H and O–H groups in total. The first-order valence-electron chi connectivity index (χ1n) is 14.7. The topological polar surface area (TPSA) is 243 Å². The maximum atomic E-state index is 13.4. The molecule has 0 saturated carbocycles. The molecule has 18 heteroatoms. The van der Waals surface area contributed by atoms with Crippen LogP contribution >= 0.6 is 23.1 Å². The molecular formula is C31H28N8O8S2. The Morgan fingerprint density at radius 1 is 1.20 bits per heavy atom. The standard InChI is InChI=1S/C31H28N8O8S2/c32-31-35-21(14-49-31)23(37-47)27(43)36-24-28(44)39-25(30(45)46)20(13-48-29(24)39)19(18-4-7-33-26(18)42)10-15-5-8-38(9-6-15)12-22(41)34-16-2-1-3-17(40)11-16/h1-3,5-6,8-9,11,14,24,29H,4,7,10,12-13H2,(H7-,32,33,34,35,36,40,41,42,43,45,46,47)/b19-18+/t24-,29-/m1/s1. The van der Waals surface area contributed by atoms with E-state index < -0.39 is 34.9 Å². The summed E-state index contributed by atoms with van der Waals surface area (Å²) in [5.74, 6) is -3.81. The van der Waals surface area contributed by atoms with Crippen LogP contribution in [0.4, 0.5) is 10.8 Å². The van der Waals surface area contributed by atoms with Crippen molar-refractivity contribution in [2.24, 2.45) is 5.16 Å². The quantitative estimate of drug-likeness (QED) is 0.0373. The van der Waals surface area contributed by atoms with E-state index in [2.05, 4.69) is 26.1 Å². The third-order valence-corrected chi connectivity index (χ3v) is 9.94. The number of carboxylic acid groups (broad SMARTS) is 1. The minimum Gasteiger partial charge on any atom is -0.543 e. The Morgan fingerprint density at radius 3 is 2.61 bits per heavy atom. The van der Waals surface area contributed by atoms with Crippen molar-refractivity contribution in [2.45, 2.75) is 30.8 Å². The van der Waals surface area contributed by atoms with Crippen LogP contribution in [-0.4, -0.2) is 79.2 Å². The number of carbonyl (C=O) groups excluding carboxylic acids is 5. The molecule has 5 heterocycles. The van der Waals surface area contributed by atoms with Crippen LogP contribution in [0, 0.1) is 0 Å². The molecule has 2 atom stereocenters. The summed E-state index contributed by atoms with van der Waals surface area (Å²) < 4.78 is 1.63. The molecule has 2 saturated heterocycles. The second-order valence-corrected chi connectivity index (χ2v) is 13.1. The van der Waals surface area contributed by atoms with Gasteiger partial charge < -0.3 is 41.9 Å². The normalized spacial score (nSPS) is 19.9. The predicted octanol–water partition coefficient (Wildman–Crippen LogP) is -1.00. The smallest absolute Gasteiger partial charge is 0.290 e. The number of nitrogens with zero attached hydrogens (tertiary/aromatic N) is 4. The molecule has 4 amide bonds. The first kappa shape index (κ1) is 33.2. The fourth-order valence-corrected chi connectivity index (χ4v) is 7.66. The highest BCUT2D eigenvalue weighted by molar-refractivity contribution is 8.00. The highest BCUT2D eigenvalue weighted by Gasteiger charge is 2.53. The number of benzene rings is 1. The molecule has 0 bridgehead atoms. The fraction of sp³-hybridized carbons (Fsp3) is 0.226. The summed E-state index contributed by atoms with van der Waals surface area (Å²) >= 11 is 2.22. The molecule has 0 aliphatic carbocycles. The van der Waals surface area contributed by atoms with Gasteiger partial charge in [-0.25, -0.2) is 4.98 Å². The highest BCUT2D eigenvalue weighted by Crippen LogP contribution is 2.43. The van der Waals surface area contributed by atoms with Crippen molar-refractivity contribution in [2.75, 3.05) is 23.3 Å². The number of carbonyl (C=O) groups is 5. The van der Waals surface area contributed by atoms with Crippen LogP contribution in [0.15, 0.2) is 81.7 Å². The van der Waals surface area contributed by atoms with Crippen molar-refractivity contribution in [3.8, 4) is 5.75 Å². The molecule has 0 unspecified atom stereocenters. The number of nitrogens with one attached hydrogen (secondary N) is 3. The van der Waals surface area contributed by atoms with Crippen molar-refractivity contribution in [3.05, 3.63) is 87.8 Å². The molecule has 3 aliphatic heterocycles. The Morgan fingerprint density at radius 2 is 1.98 bits per heavy atom. The molecule has 16 nitrogen and oxygen atoms in total. The van der Waals surface area contributed by atoms with Gasteiger partial charge in [-0.3, -0.25) is 24.1 Å². The van der Waals surface area contributed by atoms with Gasteiger partial charge in [-0.15, -0.1) is 23.1 Å². The number of pyridine rings is 1. The Kier molecular flexibility index (Phi) is 9.32. The average molecular weight is 705 g/mol. The number of rotatable bonds is 10. The zero-order chi connectivity index (χ0) is 34.8. The first-order chi connectivity index (χ1) is 23.5. The Bertz CT molecular complexity index is 1970. The van der Waals surface area contributed by atoms with E-state index in [1.807, 2.05) is 0 Å². The van der Waals surface area contributed by atoms with E-state index in [0.717, 1.165) is 16.2 Å². The van der Waals surface area contributed by atoms with Crippen molar-refractivity contribution in [1.82, 2.24) is 20.5 Å². The number of allylic oxidation sites excluding steroid dienone is 1. The van der Waals surface area contributed by atoms with Gasteiger partial charge in [0, 0.05) is 47.1 Å². The van der Waals surface area contributed by atoms with E-state index >= 15 is 0 Å². The minimum atomic E-state index is -1.62. The highest BCUT2D eigenvalue weighted by atomic mass is 32.2. The van der Waals surface area contributed by atoms with Gasteiger partial charge in [-0.2, -0.15) is 4.57 Å². The van der Waals surface area contributed by atoms with Gasteiger partial charge in [0.05, 0.1) is 11.7 Å². The van der Waals surface area contributed by atoms with Gasteiger partial charge in [0.15, 0.2) is 23.2 Å². The van der Waals surface area contributed by atoms with Crippen LogP contribution in [0.25, 0.3) is 0 Å². The lowest BCUT2D eigenvalue weighted by atomic mass is 9.90. The minimum absolute atomic E-state index is 0.00849. The number of aromatic hydroxyl groups is 1. The summed E-state index contributed by atoms with van der Waals surface area (Å²) in [6.07, 6.45) is 3.82. The zero-order valence-corrected chi connectivity index (χ0v) is 27.0. The first-order valence-corrected chi connectivity index (χ1v) is 16.7. The maximum Gasteiger partial charge on any atom is 0.290 e. The van der Waals surface area contributed by atoms with E-state index in [1.54, 1.807) is 41.2 Å². The SMILES string of the molecule is Nc1nc(/C(=N/O)C(=O)N[C@@H]2C(=O)N3C(C(=O)[O-])=C(/C(Cc4cc[n+](CC(=O)Nc5cccc(O)c5)cc4)=C4\CCNC4=O)CS[C@H]23)cs1. The van der Waals surface area contributed by atoms with E-state index in [1.165, 1.54) is 29.3 Å². The number of hydrogen-bond donors (Lipinski definition) is 6. The number of aliphatic carboxylic acids is 1. The number of anilines is 2. The van der Waals surface area contributed by atoms with Gasteiger partial charge in [0.25, 0.3) is 17.7 Å². The molecular weight excluding hydrogens is 677 g/mol. The number of phenols is 1. The van der Waals surface area contributed by atoms with Crippen LogP contribution in [0.1, 0.15) is 17.7 Å². The fourth-order valence-electron chi connectivity index (χ4n) is 5.73. The Balaban J connectivity index is 1.22. The number of thiazole rings is 1. The summed E-state index contributed by atoms with van der Waals surface area (Å²) in [6, 6.07) is 8.51. The number of aromatic nitrogens is 2. The monoisotopic (exact) mass is 704 g/mol. The summed E-state index contributed by atoms with van der Waals surface area (Å²) in [5, 5.41) is 43.4. The molecule has 6 rings (SSSR count). The Hall–Kier alpha value is -5.75. The Labute approximate surface area is 286 Å². The van der Waals surface area contributed by atoms with E-state index in [4.69, 9.17) is 5.73 Å². The third kappa shape index (κ3) is 6.81. The molecule has 3 aliphatic rings. The lowest BCUT2D eigenvalue weighted by Gasteiger charge is -2.51. The summed E-state index contributed by atoms with van der Waals surface area (Å²) in [6.45, 7) is 0.336. The second kappa shape index (κ2) is 13.8. The number of nitrogens with two attached hydrogens (primary N) is 1. The summed E-state index contributed by atoms with van der Waals surface area (Å²) in [4.78, 5) is 69.3. The largest absolute Gasteiger partial charge is 0.543 e. The van der Waals surface area contributed by atoms with E-state index in [9.17, 15) is 39.4 Å². The number of thioether (sulfide) groups is 1. The number of oxime groups is 1. The number of β-lactam (4-membered cyclic amide) rings is 1. The molecule has 2 fully saturated rings. The second-order valence-electron chi connectivity index (χ2n) is 11.1. The molecule has 3 aromatic rings. The van der Waals surface area contributed by atoms with Crippen LogP contribution < -0.4 is 31.4 Å². The average Bonchev–Trinajstić information content (AvgIpc) is 3.70. The number of nitrogen functional groups attached to an aromatic ring is 1. The van der Waals surface area contributed by atoms with Gasteiger partial charge in [-0.1, -0.05) is 11.2 Å². The van der Waals surface area contributed by atoms with Crippen LogP contribution in [0.5, 0.6) is 5.75 Å². The number of carboxylic acids is 1. The number of hydrogen-bond acceptors (Lipinski definition) is 13.